The molecule has 16 heavy (non-hydrogen) atoms. The molecule has 0 bridgehead atoms. The average molecular weight is 217 g/mol. The van der Waals surface area contributed by atoms with Crippen molar-refractivity contribution in [3.8, 4) is 6.07 Å². The van der Waals surface area contributed by atoms with Crippen molar-refractivity contribution >= 4 is 0 Å². The van der Waals surface area contributed by atoms with Gasteiger partial charge < -0.3 is 5.11 Å². The van der Waals surface area contributed by atoms with E-state index in [0.717, 1.165) is 12.0 Å². The molecule has 0 heterocycles. The van der Waals surface area contributed by atoms with Crippen molar-refractivity contribution in [2.24, 2.45) is 5.92 Å². The molecule has 0 aliphatic heterocycles. The number of aliphatic hydroxyl groups excluding tert-OH is 1. The quantitative estimate of drug-likeness (QED) is 0.824. The third-order valence-corrected chi connectivity index (χ3v) is 2.47. The van der Waals surface area contributed by atoms with Crippen molar-refractivity contribution in [2.45, 2.75) is 39.2 Å². The predicted octanol–water partition coefficient (Wildman–Crippen LogP) is 2.70. The van der Waals surface area contributed by atoms with Crippen LogP contribution in [0.5, 0.6) is 0 Å². The zero-order valence-electron chi connectivity index (χ0n) is 9.98. The molecule has 2 heteroatoms. The van der Waals surface area contributed by atoms with Gasteiger partial charge in [0.1, 0.15) is 0 Å². The van der Waals surface area contributed by atoms with E-state index in [-0.39, 0.29) is 6.42 Å². The van der Waals surface area contributed by atoms with Gasteiger partial charge in [-0.1, -0.05) is 38.1 Å². The summed E-state index contributed by atoms with van der Waals surface area (Å²) in [5.74, 6) is 0.662. The first kappa shape index (κ1) is 12.7. The Hall–Kier alpha value is -1.33. The predicted molar refractivity (Wildman–Crippen MR) is 64.9 cm³/mol. The molecule has 0 radical (unpaired) electrons. The first-order valence-electron chi connectivity index (χ1n) is 5.74. The lowest BCUT2D eigenvalue weighted by molar-refractivity contribution is 0.180. The molecule has 1 atom stereocenters. The van der Waals surface area contributed by atoms with Gasteiger partial charge >= 0.3 is 0 Å². The summed E-state index contributed by atoms with van der Waals surface area (Å²) in [6.07, 6.45) is 1.31. The average Bonchev–Trinajstić information content (AvgIpc) is 2.20. The van der Waals surface area contributed by atoms with Gasteiger partial charge in [-0.15, -0.1) is 0 Å². The van der Waals surface area contributed by atoms with Crippen molar-refractivity contribution < 1.29 is 5.11 Å². The molecule has 1 aromatic carbocycles. The van der Waals surface area contributed by atoms with E-state index in [1.807, 2.05) is 18.2 Å². The van der Waals surface area contributed by atoms with Gasteiger partial charge in [0, 0.05) is 0 Å². The van der Waals surface area contributed by atoms with Gasteiger partial charge in [-0.3, -0.25) is 0 Å². The summed E-state index contributed by atoms with van der Waals surface area (Å²) >= 11 is 0. The van der Waals surface area contributed by atoms with Crippen LogP contribution in [-0.4, -0.2) is 11.2 Å². The summed E-state index contributed by atoms with van der Waals surface area (Å²) in [5.41, 5.74) is 2.42. The largest absolute Gasteiger partial charge is 0.392 e. The first-order valence-corrected chi connectivity index (χ1v) is 5.74. The second-order valence-electron chi connectivity index (χ2n) is 4.63. The fourth-order valence-corrected chi connectivity index (χ4v) is 1.73. The van der Waals surface area contributed by atoms with Crippen LogP contribution >= 0.6 is 0 Å². The zero-order valence-corrected chi connectivity index (χ0v) is 9.98. The molecule has 1 N–H and O–H groups in total. The first-order chi connectivity index (χ1) is 7.61. The lowest BCUT2D eigenvalue weighted by Gasteiger charge is -2.08. The van der Waals surface area contributed by atoms with Crippen LogP contribution in [0, 0.1) is 17.2 Å². The topological polar surface area (TPSA) is 44.0 Å². The number of hydrogen-bond acceptors (Lipinski definition) is 2. The maximum atomic E-state index is 9.49. The molecule has 0 saturated carbocycles. The molecular weight excluding hydrogens is 198 g/mol. The number of benzene rings is 1. The third-order valence-electron chi connectivity index (χ3n) is 2.47. The molecule has 0 saturated heterocycles. The van der Waals surface area contributed by atoms with E-state index in [1.54, 1.807) is 0 Å². The highest BCUT2D eigenvalue weighted by molar-refractivity contribution is 5.23. The summed E-state index contributed by atoms with van der Waals surface area (Å²) in [4.78, 5) is 0. The molecule has 0 aliphatic carbocycles. The van der Waals surface area contributed by atoms with E-state index in [2.05, 4.69) is 26.0 Å². The van der Waals surface area contributed by atoms with Crippen LogP contribution in [0.15, 0.2) is 24.3 Å². The Morgan fingerprint density at radius 2 is 1.62 bits per heavy atom. The number of aliphatic hydroxyl groups is 1. The van der Waals surface area contributed by atoms with Crippen molar-refractivity contribution in [3.05, 3.63) is 35.4 Å². The molecule has 0 aliphatic rings. The summed E-state index contributed by atoms with van der Waals surface area (Å²) in [6, 6.07) is 10.3. The van der Waals surface area contributed by atoms with Gasteiger partial charge in [-0.05, 0) is 29.9 Å². The maximum Gasteiger partial charge on any atom is 0.0710 e. The molecule has 86 valence electrons. The highest BCUT2D eigenvalue weighted by Crippen LogP contribution is 2.11. The summed E-state index contributed by atoms with van der Waals surface area (Å²) < 4.78 is 0. The summed E-state index contributed by atoms with van der Waals surface area (Å²) in [6.45, 7) is 4.40. The van der Waals surface area contributed by atoms with Crippen molar-refractivity contribution in [2.75, 3.05) is 0 Å². The molecule has 1 rings (SSSR count). The van der Waals surface area contributed by atoms with Crippen molar-refractivity contribution in [1.29, 1.82) is 5.26 Å². The molecule has 0 amide bonds. The summed E-state index contributed by atoms with van der Waals surface area (Å²) in [7, 11) is 0. The number of rotatable bonds is 5. The Labute approximate surface area is 97.5 Å². The van der Waals surface area contributed by atoms with Crippen LogP contribution in [0.2, 0.25) is 0 Å². The minimum Gasteiger partial charge on any atom is -0.392 e. The minimum absolute atomic E-state index is 0.202. The lowest BCUT2D eigenvalue weighted by Crippen LogP contribution is -2.09. The van der Waals surface area contributed by atoms with E-state index in [4.69, 9.17) is 5.26 Å². The van der Waals surface area contributed by atoms with Crippen LogP contribution in [-0.2, 0) is 12.8 Å². The highest BCUT2D eigenvalue weighted by Gasteiger charge is 2.05. The zero-order chi connectivity index (χ0) is 12.0. The van der Waals surface area contributed by atoms with Crippen molar-refractivity contribution in [3.63, 3.8) is 0 Å². The van der Waals surface area contributed by atoms with E-state index in [1.165, 1.54) is 5.56 Å². The van der Waals surface area contributed by atoms with Gasteiger partial charge in [0.05, 0.1) is 18.6 Å². The Morgan fingerprint density at radius 3 is 2.06 bits per heavy atom. The fourth-order valence-electron chi connectivity index (χ4n) is 1.73. The Bertz CT molecular complexity index is 348. The molecule has 0 spiro atoms. The number of nitrogens with zero attached hydrogens (tertiary/aromatic N) is 1. The number of nitriles is 1. The fraction of sp³-hybridized carbons (Fsp3) is 0.500. The second kappa shape index (κ2) is 6.30. The van der Waals surface area contributed by atoms with Crippen LogP contribution in [0.3, 0.4) is 0 Å². The Morgan fingerprint density at radius 1 is 1.12 bits per heavy atom. The SMILES string of the molecule is CC(C)Cc1ccc(C[C@@H](O)CC#N)cc1. The molecule has 0 aromatic heterocycles. The van der Waals surface area contributed by atoms with Crippen molar-refractivity contribution in [1.82, 2.24) is 0 Å². The second-order valence-corrected chi connectivity index (χ2v) is 4.63. The van der Waals surface area contributed by atoms with E-state index in [9.17, 15) is 5.11 Å². The van der Waals surface area contributed by atoms with E-state index in [0.29, 0.717) is 12.3 Å². The molecule has 1 aromatic rings. The van der Waals surface area contributed by atoms with E-state index >= 15 is 0 Å². The Balaban J connectivity index is 2.55. The minimum atomic E-state index is -0.541. The van der Waals surface area contributed by atoms with Crippen LogP contribution < -0.4 is 0 Å². The maximum absolute atomic E-state index is 9.49. The van der Waals surface area contributed by atoms with Gasteiger partial charge in [0.15, 0.2) is 0 Å². The standard InChI is InChI=1S/C14H19NO/c1-11(2)9-12-3-5-13(6-4-12)10-14(16)7-8-15/h3-6,11,14,16H,7,9-10H2,1-2H3/t14-/m0/s1. The van der Waals surface area contributed by atoms with Crippen LogP contribution in [0.4, 0.5) is 0 Å². The molecule has 0 fully saturated rings. The lowest BCUT2D eigenvalue weighted by atomic mass is 9.99. The normalized spacial score (nSPS) is 12.4. The van der Waals surface area contributed by atoms with Gasteiger partial charge in [-0.25, -0.2) is 0 Å². The smallest absolute Gasteiger partial charge is 0.0710 e. The van der Waals surface area contributed by atoms with Crippen LogP contribution in [0.1, 0.15) is 31.4 Å². The van der Waals surface area contributed by atoms with Gasteiger partial charge in [-0.2, -0.15) is 5.26 Å². The highest BCUT2D eigenvalue weighted by atomic mass is 16.3. The summed E-state index contributed by atoms with van der Waals surface area (Å²) in [5, 5.41) is 17.9. The molecule has 2 nitrogen and oxygen atoms in total. The molecule has 0 unspecified atom stereocenters. The molecular formula is C14H19NO. The van der Waals surface area contributed by atoms with E-state index < -0.39 is 6.10 Å². The Kier molecular flexibility index (Phi) is 5.01. The monoisotopic (exact) mass is 217 g/mol. The van der Waals surface area contributed by atoms with Gasteiger partial charge in [0.2, 0.25) is 0 Å². The number of hydrogen-bond donors (Lipinski definition) is 1. The van der Waals surface area contributed by atoms with Gasteiger partial charge in [0.25, 0.3) is 0 Å². The third kappa shape index (κ3) is 4.46. The van der Waals surface area contributed by atoms with Crippen LogP contribution in [0.25, 0.3) is 0 Å².